The van der Waals surface area contributed by atoms with Crippen LogP contribution in [0.4, 0.5) is 0 Å². The number of nitriles is 1. The van der Waals surface area contributed by atoms with Crippen LogP contribution in [0.25, 0.3) is 0 Å². The molecule has 5 rings (SSSR count). The average Bonchev–Trinajstić information content (AvgIpc) is 3.88. The first kappa shape index (κ1) is 41.9. The SMILES string of the molecule is Cc1cn(C2CC(O)C(COP(=S)(OCCCOP(=S)(OCCC#N)N3CCCC3)OC3CC(n4cc(C)c(=O)[nH]c4=O)OC3CO)O2)c(=O)[nH]c1=O. The summed E-state index contributed by atoms with van der Waals surface area (Å²) in [5.41, 5.74) is -1.93. The molecule has 294 valence electrons. The quantitative estimate of drug-likeness (QED) is 0.121. The molecule has 0 bridgehead atoms. The number of aromatic amines is 2. The van der Waals surface area contributed by atoms with Gasteiger partial charge < -0.3 is 42.3 Å². The molecule has 8 unspecified atom stereocenters. The highest BCUT2D eigenvalue weighted by Gasteiger charge is 2.43. The minimum atomic E-state index is -3.74. The van der Waals surface area contributed by atoms with Crippen LogP contribution >= 0.6 is 13.4 Å². The molecule has 23 heteroatoms. The van der Waals surface area contributed by atoms with Crippen molar-refractivity contribution in [2.75, 3.05) is 46.1 Å². The zero-order valence-corrected chi connectivity index (χ0v) is 32.6. The molecule has 2 aromatic rings. The summed E-state index contributed by atoms with van der Waals surface area (Å²) in [4.78, 5) is 53.3. The minimum absolute atomic E-state index is 0.0127. The van der Waals surface area contributed by atoms with Gasteiger partial charge in [0.25, 0.3) is 17.8 Å². The molecule has 5 heterocycles. The number of H-pyrrole nitrogens is 2. The van der Waals surface area contributed by atoms with E-state index in [-0.39, 0.29) is 63.2 Å². The molecular weight excluding hydrogens is 778 g/mol. The van der Waals surface area contributed by atoms with E-state index < -0.39 is 79.3 Å². The lowest BCUT2D eigenvalue weighted by Gasteiger charge is -2.30. The van der Waals surface area contributed by atoms with Gasteiger partial charge in [0.2, 0.25) is 0 Å². The lowest BCUT2D eigenvalue weighted by molar-refractivity contribution is -0.0550. The van der Waals surface area contributed by atoms with Gasteiger partial charge in [0.15, 0.2) is 0 Å². The molecule has 3 fully saturated rings. The maximum Gasteiger partial charge on any atom is 0.330 e. The first-order chi connectivity index (χ1) is 25.3. The number of ether oxygens (including phenoxy) is 2. The van der Waals surface area contributed by atoms with Crippen LogP contribution in [0.3, 0.4) is 0 Å². The summed E-state index contributed by atoms with van der Waals surface area (Å²) in [6.45, 7) is -2.60. The maximum absolute atomic E-state index is 12.6. The molecule has 0 aliphatic carbocycles. The van der Waals surface area contributed by atoms with Crippen LogP contribution in [0.2, 0.25) is 0 Å². The second-order valence-corrected chi connectivity index (χ2v) is 19.1. The number of nitrogens with one attached hydrogen (secondary N) is 2. The van der Waals surface area contributed by atoms with Crippen molar-refractivity contribution in [3.8, 4) is 6.07 Å². The van der Waals surface area contributed by atoms with Crippen LogP contribution in [0.1, 0.15) is 62.1 Å². The normalized spacial score (nSPS) is 27.1. The van der Waals surface area contributed by atoms with Crippen LogP contribution in [-0.4, -0.2) is 105 Å². The Kier molecular flexibility index (Phi) is 14.7. The molecule has 8 atom stereocenters. The monoisotopic (exact) mass is 822 g/mol. The first-order valence-electron chi connectivity index (χ1n) is 17.1. The molecular formula is C30H44N6O13P2S2. The summed E-state index contributed by atoms with van der Waals surface area (Å²) in [5.74, 6) is 0. The lowest BCUT2D eigenvalue weighted by Crippen LogP contribution is -2.33. The Labute approximate surface area is 314 Å². The summed E-state index contributed by atoms with van der Waals surface area (Å²) >= 11 is 11.6. The molecule has 3 aliphatic heterocycles. The van der Waals surface area contributed by atoms with Gasteiger partial charge in [0, 0.05) is 49.5 Å². The van der Waals surface area contributed by atoms with Crippen molar-refractivity contribution < 1.29 is 42.3 Å². The maximum atomic E-state index is 12.6. The number of hydrogen-bond acceptors (Lipinski definition) is 16. The van der Waals surface area contributed by atoms with Crippen molar-refractivity contribution in [1.29, 1.82) is 5.26 Å². The number of aryl methyl sites for hydroxylation is 2. The Balaban J connectivity index is 1.28. The predicted octanol–water partition coefficient (Wildman–Crippen LogP) is 0.932. The van der Waals surface area contributed by atoms with E-state index in [9.17, 15) is 29.4 Å². The van der Waals surface area contributed by atoms with Crippen LogP contribution in [-0.2, 0) is 55.7 Å². The first-order valence-corrected chi connectivity index (χ1v) is 22.2. The summed E-state index contributed by atoms with van der Waals surface area (Å²) in [7, 11) is 0. The molecule has 3 saturated heterocycles. The molecule has 0 radical (unpaired) electrons. The second kappa shape index (κ2) is 18.6. The van der Waals surface area contributed by atoms with E-state index in [0.29, 0.717) is 0 Å². The average molecular weight is 823 g/mol. The van der Waals surface area contributed by atoms with Crippen molar-refractivity contribution in [1.82, 2.24) is 23.8 Å². The molecule has 0 aromatic carbocycles. The van der Waals surface area contributed by atoms with E-state index in [1.165, 1.54) is 35.4 Å². The van der Waals surface area contributed by atoms with Crippen LogP contribution in [0.5, 0.6) is 0 Å². The molecule has 3 aliphatic rings. The van der Waals surface area contributed by atoms with E-state index >= 15 is 0 Å². The second-order valence-electron chi connectivity index (χ2n) is 12.7. The molecule has 0 amide bonds. The standard InChI is InChI=1S/C30H44N6O13P2S2/c1-19-15-35(29(41)32-27(19)39)25-13-21(38)24(48-25)18-46-51(53,45-12-6-11-44-50(52,43-10-5-7-31)34-8-3-4-9-34)49-22-14-26(47-23(22)17-37)36-16-20(2)28(40)33-30(36)42/h15-16,21-26,37-38H,3-6,8-14,17-18H2,1-2H3,(H,32,39,41)(H,33,40,42). The van der Waals surface area contributed by atoms with E-state index in [2.05, 4.69) is 9.97 Å². The van der Waals surface area contributed by atoms with Crippen LogP contribution in [0.15, 0.2) is 31.6 Å². The Hall–Kier alpha value is -2.25. The van der Waals surface area contributed by atoms with E-state index in [0.717, 1.165) is 25.9 Å². The van der Waals surface area contributed by atoms with Crippen molar-refractivity contribution in [2.24, 2.45) is 0 Å². The summed E-state index contributed by atoms with van der Waals surface area (Å²) in [5, 5.41) is 30.0. The van der Waals surface area contributed by atoms with Gasteiger partial charge in [0.1, 0.15) is 24.7 Å². The zero-order chi connectivity index (χ0) is 38.3. The summed E-state index contributed by atoms with van der Waals surface area (Å²) in [6.07, 6.45) is -0.653. The smallest absolute Gasteiger partial charge is 0.330 e. The number of nitrogens with zero attached hydrogens (tertiary/aromatic N) is 4. The number of rotatable bonds is 18. The van der Waals surface area contributed by atoms with Gasteiger partial charge >= 0.3 is 18.1 Å². The third-order valence-corrected chi connectivity index (χ3v) is 14.6. The molecule has 19 nitrogen and oxygen atoms in total. The topological polar surface area (TPSA) is 242 Å². The van der Waals surface area contributed by atoms with Gasteiger partial charge in [-0.2, -0.15) is 5.26 Å². The number of aliphatic hydroxyl groups excluding tert-OH is 2. The lowest BCUT2D eigenvalue weighted by atomic mass is 10.2. The number of hydrogen-bond donors (Lipinski definition) is 4. The molecule has 2 aromatic heterocycles. The van der Waals surface area contributed by atoms with Crippen molar-refractivity contribution in [3.05, 3.63) is 65.2 Å². The fraction of sp³-hybridized carbons (Fsp3) is 0.700. The van der Waals surface area contributed by atoms with E-state index in [4.69, 9.17) is 61.0 Å². The van der Waals surface area contributed by atoms with Gasteiger partial charge in [-0.1, -0.05) is 0 Å². The Bertz CT molecular complexity index is 1960. The van der Waals surface area contributed by atoms with Gasteiger partial charge in [-0.15, -0.1) is 0 Å². The fourth-order valence-electron chi connectivity index (χ4n) is 5.98. The highest BCUT2D eigenvalue weighted by molar-refractivity contribution is 8.08. The minimum Gasteiger partial charge on any atom is -0.394 e. The van der Waals surface area contributed by atoms with Gasteiger partial charge in [0.05, 0.1) is 57.7 Å². The van der Waals surface area contributed by atoms with Crippen molar-refractivity contribution in [2.45, 2.75) is 89.2 Å². The van der Waals surface area contributed by atoms with Crippen LogP contribution < -0.4 is 22.5 Å². The van der Waals surface area contributed by atoms with E-state index in [1.54, 1.807) is 0 Å². The van der Waals surface area contributed by atoms with E-state index in [1.807, 2.05) is 10.7 Å². The van der Waals surface area contributed by atoms with Gasteiger partial charge in [-0.25, -0.2) is 14.3 Å². The summed E-state index contributed by atoms with van der Waals surface area (Å²) in [6, 6.07) is 2.04. The Morgan fingerprint density at radius 1 is 0.887 bits per heavy atom. The fourth-order valence-corrected chi connectivity index (χ4v) is 10.9. The molecule has 0 saturated carbocycles. The van der Waals surface area contributed by atoms with Gasteiger partial charge in [-0.3, -0.25) is 28.7 Å². The third-order valence-electron chi connectivity index (χ3n) is 8.83. The predicted molar refractivity (Wildman–Crippen MR) is 195 cm³/mol. The molecule has 4 N–H and O–H groups in total. The highest BCUT2D eigenvalue weighted by Crippen LogP contribution is 2.55. The number of aliphatic hydroxyl groups is 2. The van der Waals surface area contributed by atoms with Crippen LogP contribution in [0, 0.1) is 25.2 Å². The van der Waals surface area contributed by atoms with Crippen molar-refractivity contribution in [3.63, 3.8) is 0 Å². The van der Waals surface area contributed by atoms with Gasteiger partial charge in [-0.05, 0) is 56.7 Å². The van der Waals surface area contributed by atoms with Crippen molar-refractivity contribution >= 4 is 37.0 Å². The Morgan fingerprint density at radius 3 is 2.06 bits per heavy atom. The number of aromatic nitrogens is 4. The molecule has 0 spiro atoms. The highest BCUT2D eigenvalue weighted by atomic mass is 32.5. The summed E-state index contributed by atoms with van der Waals surface area (Å²) < 4.78 is 46.6. The Morgan fingerprint density at radius 2 is 1.45 bits per heavy atom. The zero-order valence-electron chi connectivity index (χ0n) is 29.2. The molecule has 53 heavy (non-hydrogen) atoms. The third kappa shape index (κ3) is 10.5. The largest absolute Gasteiger partial charge is 0.394 e.